The molecule has 2 heterocycles. The molecule has 0 amide bonds. The van der Waals surface area contributed by atoms with E-state index in [2.05, 4.69) is 15.4 Å². The molecule has 0 spiro atoms. The zero-order valence-electron chi connectivity index (χ0n) is 9.87. The third kappa shape index (κ3) is 1.69. The highest BCUT2D eigenvalue weighted by Gasteiger charge is 2.37. The molecule has 98 valence electrons. The fourth-order valence-corrected chi connectivity index (χ4v) is 2.06. The molecule has 1 aromatic rings. The summed E-state index contributed by atoms with van der Waals surface area (Å²) >= 11 is 0. The third-order valence-corrected chi connectivity index (χ3v) is 2.82. The number of β-amino-alcohol motifs (C(OH)–C–C–N with tert-alkyl or cyclic N) is 1. The number of aliphatic hydroxyl groups excluding tert-OH is 1. The summed E-state index contributed by atoms with van der Waals surface area (Å²) in [5.74, 6) is 6.24. The number of likely N-dealkylation sites (N-methyl/N-ethyl adjacent to an activating group) is 1. The number of nitrogen functional groups attached to an aromatic ring is 2. The van der Waals surface area contributed by atoms with E-state index in [1.165, 1.54) is 0 Å². The Labute approximate surface area is 103 Å². The van der Waals surface area contributed by atoms with Crippen LogP contribution in [0.25, 0.3) is 0 Å². The maximum absolute atomic E-state index is 11.2. The monoisotopic (exact) mass is 253 g/mol. The predicted octanol–water partition coefficient (Wildman–Crippen LogP) is -1.88. The lowest BCUT2D eigenvalue weighted by Crippen LogP contribution is -2.44. The summed E-state index contributed by atoms with van der Waals surface area (Å²) in [6.45, 7) is 0.161. The van der Waals surface area contributed by atoms with E-state index < -0.39 is 6.17 Å². The summed E-state index contributed by atoms with van der Waals surface area (Å²) < 4.78 is 0. The largest absolute Gasteiger partial charge is 0.395 e. The number of hydrogen-bond donors (Lipinski definition) is 4. The van der Waals surface area contributed by atoms with Crippen LogP contribution in [0.4, 0.5) is 23.3 Å². The van der Waals surface area contributed by atoms with E-state index in [1.807, 2.05) is 0 Å². The number of anilines is 4. The van der Waals surface area contributed by atoms with Gasteiger partial charge in [-0.3, -0.25) is 4.79 Å². The van der Waals surface area contributed by atoms with Crippen LogP contribution in [0.15, 0.2) is 0 Å². The van der Waals surface area contributed by atoms with Crippen LogP contribution in [-0.4, -0.2) is 47.7 Å². The first-order valence-corrected chi connectivity index (χ1v) is 5.33. The highest BCUT2D eigenvalue weighted by Crippen LogP contribution is 2.40. The second-order valence-electron chi connectivity index (χ2n) is 3.82. The summed E-state index contributed by atoms with van der Waals surface area (Å²) in [5, 5.41) is 9.06. The van der Waals surface area contributed by atoms with Gasteiger partial charge >= 0.3 is 0 Å². The highest BCUT2D eigenvalue weighted by atomic mass is 16.3. The summed E-state index contributed by atoms with van der Waals surface area (Å²) in [7, 11) is 1.72. The molecule has 0 fully saturated rings. The number of hydrogen-bond acceptors (Lipinski definition) is 9. The summed E-state index contributed by atoms with van der Waals surface area (Å²) in [4.78, 5) is 22.5. The number of aldehydes is 1. The average Bonchev–Trinajstić information content (AvgIpc) is 2.62. The number of carbonyl (C=O) groups excluding carboxylic acids is 1. The first-order chi connectivity index (χ1) is 8.63. The fourth-order valence-electron chi connectivity index (χ4n) is 2.06. The van der Waals surface area contributed by atoms with E-state index in [0.29, 0.717) is 17.3 Å². The molecule has 1 unspecified atom stereocenters. The van der Waals surface area contributed by atoms with Crippen LogP contribution in [0.2, 0.25) is 0 Å². The lowest BCUT2D eigenvalue weighted by molar-refractivity contribution is -0.108. The minimum Gasteiger partial charge on any atom is -0.395 e. The smallest absolute Gasteiger partial charge is 0.224 e. The van der Waals surface area contributed by atoms with Crippen molar-refractivity contribution in [1.82, 2.24) is 9.97 Å². The van der Waals surface area contributed by atoms with Crippen molar-refractivity contribution >= 4 is 29.6 Å². The molecule has 1 aromatic heterocycles. The molecule has 0 saturated carbocycles. The number of aromatic nitrogens is 2. The maximum atomic E-state index is 11.2. The van der Waals surface area contributed by atoms with Crippen molar-refractivity contribution in [2.75, 3.05) is 41.2 Å². The van der Waals surface area contributed by atoms with Crippen molar-refractivity contribution in [2.45, 2.75) is 6.17 Å². The van der Waals surface area contributed by atoms with Gasteiger partial charge in [0, 0.05) is 13.6 Å². The SMILES string of the molecule is CN1c2c(NN)nc(N)nc2N(CCO)C1C=O. The topological polar surface area (TPSA) is 134 Å². The van der Waals surface area contributed by atoms with Crippen LogP contribution in [-0.2, 0) is 4.79 Å². The molecule has 6 N–H and O–H groups in total. The predicted molar refractivity (Wildman–Crippen MR) is 66.9 cm³/mol. The number of nitrogens with one attached hydrogen (secondary N) is 1. The van der Waals surface area contributed by atoms with Crippen molar-refractivity contribution in [2.24, 2.45) is 5.84 Å². The molecule has 9 nitrogen and oxygen atoms in total. The van der Waals surface area contributed by atoms with Crippen molar-refractivity contribution in [1.29, 1.82) is 0 Å². The molecule has 0 bridgehead atoms. The van der Waals surface area contributed by atoms with Crippen LogP contribution < -0.4 is 26.8 Å². The van der Waals surface area contributed by atoms with Crippen molar-refractivity contribution in [3.63, 3.8) is 0 Å². The molecule has 18 heavy (non-hydrogen) atoms. The Kier molecular flexibility index (Phi) is 3.17. The number of aliphatic hydroxyl groups is 1. The Hall–Kier alpha value is -2.13. The van der Waals surface area contributed by atoms with Crippen molar-refractivity contribution < 1.29 is 9.90 Å². The number of hydrazine groups is 1. The van der Waals surface area contributed by atoms with Gasteiger partial charge in [-0.2, -0.15) is 9.97 Å². The Balaban J connectivity index is 2.56. The van der Waals surface area contributed by atoms with Crippen molar-refractivity contribution in [3.05, 3.63) is 0 Å². The van der Waals surface area contributed by atoms with E-state index in [0.717, 1.165) is 6.29 Å². The molecule has 0 saturated heterocycles. The van der Waals surface area contributed by atoms with Gasteiger partial charge in [-0.1, -0.05) is 0 Å². The molecule has 9 heteroatoms. The normalized spacial score (nSPS) is 17.8. The van der Waals surface area contributed by atoms with E-state index in [9.17, 15) is 4.79 Å². The number of nitrogens with two attached hydrogens (primary N) is 2. The van der Waals surface area contributed by atoms with E-state index in [4.69, 9.17) is 16.7 Å². The van der Waals surface area contributed by atoms with Crippen molar-refractivity contribution in [3.8, 4) is 0 Å². The summed E-state index contributed by atoms with van der Waals surface area (Å²) in [6.07, 6.45) is 0.198. The van der Waals surface area contributed by atoms with E-state index >= 15 is 0 Å². The highest BCUT2D eigenvalue weighted by molar-refractivity contribution is 5.90. The zero-order chi connectivity index (χ0) is 13.3. The van der Waals surface area contributed by atoms with Gasteiger partial charge in [-0.25, -0.2) is 5.84 Å². The van der Waals surface area contributed by atoms with Crippen LogP contribution in [0.5, 0.6) is 0 Å². The first-order valence-electron chi connectivity index (χ1n) is 5.33. The van der Waals surface area contributed by atoms with Gasteiger partial charge in [0.2, 0.25) is 5.95 Å². The molecule has 0 aliphatic carbocycles. The Morgan fingerprint density at radius 1 is 1.56 bits per heavy atom. The Bertz CT molecular complexity index is 466. The Morgan fingerprint density at radius 2 is 2.28 bits per heavy atom. The lowest BCUT2D eigenvalue weighted by Gasteiger charge is -2.24. The van der Waals surface area contributed by atoms with Gasteiger partial charge in [-0.05, 0) is 0 Å². The quantitative estimate of drug-likeness (QED) is 0.276. The van der Waals surface area contributed by atoms with Gasteiger partial charge in [0.05, 0.1) is 6.61 Å². The van der Waals surface area contributed by atoms with Crippen LogP contribution >= 0.6 is 0 Å². The zero-order valence-corrected chi connectivity index (χ0v) is 9.87. The number of nitrogens with zero attached hydrogens (tertiary/aromatic N) is 4. The van der Waals surface area contributed by atoms with E-state index in [-0.39, 0.29) is 19.1 Å². The molecule has 0 radical (unpaired) electrons. The minimum atomic E-state index is -0.560. The number of carbonyl (C=O) groups is 1. The van der Waals surface area contributed by atoms with Gasteiger partial charge < -0.3 is 26.1 Å². The van der Waals surface area contributed by atoms with Crippen LogP contribution in [0.1, 0.15) is 0 Å². The molecule has 1 aliphatic rings. The molecule has 1 aliphatic heterocycles. The molecule has 0 aromatic carbocycles. The second kappa shape index (κ2) is 4.63. The van der Waals surface area contributed by atoms with Gasteiger partial charge in [-0.15, -0.1) is 0 Å². The fraction of sp³-hybridized carbons (Fsp3) is 0.444. The van der Waals surface area contributed by atoms with Gasteiger partial charge in [0.1, 0.15) is 5.69 Å². The number of fused-ring (bicyclic) bond motifs is 1. The van der Waals surface area contributed by atoms with Crippen LogP contribution in [0.3, 0.4) is 0 Å². The Morgan fingerprint density at radius 3 is 2.83 bits per heavy atom. The second-order valence-corrected chi connectivity index (χ2v) is 3.82. The first kappa shape index (κ1) is 12.3. The van der Waals surface area contributed by atoms with Gasteiger partial charge in [0.25, 0.3) is 0 Å². The summed E-state index contributed by atoms with van der Waals surface area (Å²) in [6, 6.07) is 0. The molecular weight excluding hydrogens is 238 g/mol. The van der Waals surface area contributed by atoms with Crippen LogP contribution in [0, 0.1) is 0 Å². The molecule has 2 rings (SSSR count). The summed E-state index contributed by atoms with van der Waals surface area (Å²) in [5.41, 5.74) is 8.59. The third-order valence-electron chi connectivity index (χ3n) is 2.82. The molecule has 1 atom stereocenters. The standard InChI is InChI=1S/C9H15N7O2/c1-15-5(4-18)16(2-3-17)8-6(15)7(14-11)12-9(10)13-8/h4-5,17H,2-3,11H2,1H3,(H3,10,12,13,14). The lowest BCUT2D eigenvalue weighted by atomic mass is 10.4. The van der Waals surface area contributed by atoms with Gasteiger partial charge in [0.15, 0.2) is 24.1 Å². The maximum Gasteiger partial charge on any atom is 0.224 e. The van der Waals surface area contributed by atoms with E-state index in [1.54, 1.807) is 16.8 Å². The average molecular weight is 253 g/mol. The minimum absolute atomic E-state index is 0.0459. The number of rotatable bonds is 4. The molecular formula is C9H15N7O2.